The lowest BCUT2D eigenvalue weighted by molar-refractivity contribution is -0.141. The van der Waals surface area contributed by atoms with Crippen LogP contribution in [-0.2, 0) is 22.5 Å². The van der Waals surface area contributed by atoms with Crippen molar-refractivity contribution in [2.24, 2.45) is 0 Å². The van der Waals surface area contributed by atoms with Crippen LogP contribution in [-0.4, -0.2) is 36.9 Å². The Bertz CT molecular complexity index is 756. The normalized spacial score (nSPS) is 18.1. The van der Waals surface area contributed by atoms with Crippen molar-refractivity contribution in [1.82, 2.24) is 4.90 Å². The van der Waals surface area contributed by atoms with E-state index < -0.39 is 0 Å². The molecule has 0 radical (unpaired) electrons. The summed E-state index contributed by atoms with van der Waals surface area (Å²) in [5.74, 6) is 1.56. The summed E-state index contributed by atoms with van der Waals surface area (Å²) in [6, 6.07) is 16.1. The Morgan fingerprint density at radius 1 is 1.08 bits per heavy atom. The molecule has 1 fully saturated rings. The fraction of sp³-hybridized carbons (Fsp3) is 0.381. The predicted octanol–water partition coefficient (Wildman–Crippen LogP) is 3.17. The summed E-state index contributed by atoms with van der Waals surface area (Å²) in [4.78, 5) is 14.9. The van der Waals surface area contributed by atoms with Crippen molar-refractivity contribution in [2.45, 2.75) is 31.9 Å². The van der Waals surface area contributed by atoms with Gasteiger partial charge in [-0.3, -0.25) is 4.79 Å². The molecule has 0 spiro atoms. The predicted molar refractivity (Wildman–Crippen MR) is 97.1 cm³/mol. The van der Waals surface area contributed by atoms with Gasteiger partial charge < -0.3 is 19.1 Å². The smallest absolute Gasteiger partial charge is 0.252 e. The molecule has 5 nitrogen and oxygen atoms in total. The van der Waals surface area contributed by atoms with Crippen LogP contribution in [0.15, 0.2) is 48.5 Å². The van der Waals surface area contributed by atoms with Crippen LogP contribution in [0.3, 0.4) is 0 Å². The molecule has 136 valence electrons. The van der Waals surface area contributed by atoms with Crippen molar-refractivity contribution >= 4 is 5.91 Å². The summed E-state index contributed by atoms with van der Waals surface area (Å²) in [5, 5.41) is 0. The molecule has 2 aromatic rings. The van der Waals surface area contributed by atoms with E-state index in [1.165, 1.54) is 5.56 Å². The van der Waals surface area contributed by atoms with Gasteiger partial charge >= 0.3 is 0 Å². The second-order valence-electron chi connectivity index (χ2n) is 6.65. The van der Waals surface area contributed by atoms with Crippen LogP contribution in [0.5, 0.6) is 11.5 Å². The molecular weight excluding hydrogens is 330 g/mol. The molecule has 2 aromatic carbocycles. The number of amides is 1. The minimum atomic E-state index is -0.320. The number of hydrogen-bond acceptors (Lipinski definition) is 4. The molecule has 2 heterocycles. The third-order valence-electron chi connectivity index (χ3n) is 4.87. The second-order valence-corrected chi connectivity index (χ2v) is 6.65. The van der Waals surface area contributed by atoms with Gasteiger partial charge in [-0.1, -0.05) is 42.5 Å². The first kappa shape index (κ1) is 16.9. The molecule has 1 amide bonds. The van der Waals surface area contributed by atoms with E-state index >= 15 is 0 Å². The fourth-order valence-electron chi connectivity index (χ4n) is 3.47. The van der Waals surface area contributed by atoms with Crippen molar-refractivity contribution in [3.05, 3.63) is 59.7 Å². The minimum absolute atomic E-state index is 0.0648. The molecule has 1 atom stereocenters. The van der Waals surface area contributed by atoms with Crippen LogP contribution < -0.4 is 9.47 Å². The van der Waals surface area contributed by atoms with Gasteiger partial charge in [-0.15, -0.1) is 0 Å². The molecule has 0 unspecified atom stereocenters. The van der Waals surface area contributed by atoms with E-state index in [1.807, 2.05) is 41.3 Å². The molecule has 0 saturated carbocycles. The van der Waals surface area contributed by atoms with Gasteiger partial charge in [-0.2, -0.15) is 0 Å². The van der Waals surface area contributed by atoms with Crippen LogP contribution in [0.2, 0.25) is 0 Å². The van der Waals surface area contributed by atoms with Crippen molar-refractivity contribution in [2.75, 3.05) is 19.9 Å². The Hall–Kier alpha value is -2.53. The number of para-hydroxylation sites is 1. The topological polar surface area (TPSA) is 48.0 Å². The maximum atomic E-state index is 13.0. The fourth-order valence-corrected chi connectivity index (χ4v) is 3.47. The number of carbonyl (C=O) groups excluding carboxylic acids is 1. The lowest BCUT2D eigenvalue weighted by Crippen LogP contribution is -2.39. The Balaban J connectivity index is 1.52. The summed E-state index contributed by atoms with van der Waals surface area (Å²) in [5.41, 5.74) is 2.19. The third kappa shape index (κ3) is 3.68. The molecule has 4 rings (SSSR count). The monoisotopic (exact) mass is 353 g/mol. The van der Waals surface area contributed by atoms with Gasteiger partial charge in [0.1, 0.15) is 6.10 Å². The molecule has 0 N–H and O–H groups in total. The Labute approximate surface area is 153 Å². The van der Waals surface area contributed by atoms with E-state index in [4.69, 9.17) is 14.2 Å². The van der Waals surface area contributed by atoms with Crippen LogP contribution >= 0.6 is 0 Å². The van der Waals surface area contributed by atoms with Gasteiger partial charge in [-0.25, -0.2) is 0 Å². The summed E-state index contributed by atoms with van der Waals surface area (Å²) in [7, 11) is 0. The van der Waals surface area contributed by atoms with E-state index in [1.54, 1.807) is 0 Å². The zero-order valence-corrected chi connectivity index (χ0v) is 14.7. The first-order valence-electron chi connectivity index (χ1n) is 9.13. The highest BCUT2D eigenvalue weighted by atomic mass is 16.7. The Morgan fingerprint density at radius 2 is 1.96 bits per heavy atom. The average Bonchev–Trinajstić information content (AvgIpc) is 3.37. The van der Waals surface area contributed by atoms with E-state index in [2.05, 4.69) is 12.1 Å². The van der Waals surface area contributed by atoms with Crippen LogP contribution in [0.1, 0.15) is 24.0 Å². The molecule has 26 heavy (non-hydrogen) atoms. The van der Waals surface area contributed by atoms with Crippen molar-refractivity contribution in [3.63, 3.8) is 0 Å². The van der Waals surface area contributed by atoms with Crippen LogP contribution in [0.4, 0.5) is 0 Å². The zero-order chi connectivity index (χ0) is 17.8. The van der Waals surface area contributed by atoms with Gasteiger partial charge in [0.2, 0.25) is 6.79 Å². The van der Waals surface area contributed by atoms with E-state index in [9.17, 15) is 4.79 Å². The molecule has 5 heteroatoms. The highest BCUT2D eigenvalue weighted by Gasteiger charge is 2.29. The number of hydrogen-bond donors (Lipinski definition) is 0. The number of fused-ring (bicyclic) bond motifs is 1. The molecule has 2 aliphatic rings. The van der Waals surface area contributed by atoms with Gasteiger partial charge in [0.05, 0.1) is 0 Å². The van der Waals surface area contributed by atoms with Gasteiger partial charge in [0.25, 0.3) is 5.91 Å². The molecule has 0 aliphatic carbocycles. The number of carbonyl (C=O) groups is 1. The van der Waals surface area contributed by atoms with Gasteiger partial charge in [0.15, 0.2) is 11.5 Å². The van der Waals surface area contributed by atoms with Crippen molar-refractivity contribution in [3.8, 4) is 11.5 Å². The van der Waals surface area contributed by atoms with Gasteiger partial charge in [-0.05, 0) is 30.9 Å². The van der Waals surface area contributed by atoms with E-state index in [0.29, 0.717) is 19.7 Å². The average molecular weight is 353 g/mol. The number of ether oxygens (including phenoxy) is 3. The lowest BCUT2D eigenvalue weighted by Gasteiger charge is -2.26. The van der Waals surface area contributed by atoms with Crippen molar-refractivity contribution in [1.29, 1.82) is 0 Å². The van der Waals surface area contributed by atoms with E-state index in [-0.39, 0.29) is 18.8 Å². The van der Waals surface area contributed by atoms with Gasteiger partial charge in [0, 0.05) is 25.3 Å². The lowest BCUT2D eigenvalue weighted by atomic mass is 10.1. The maximum absolute atomic E-state index is 13.0. The van der Waals surface area contributed by atoms with Crippen LogP contribution in [0.25, 0.3) is 0 Å². The van der Waals surface area contributed by atoms with Crippen molar-refractivity contribution < 1.29 is 19.0 Å². The summed E-state index contributed by atoms with van der Waals surface area (Å²) < 4.78 is 16.7. The molecule has 0 bridgehead atoms. The largest absolute Gasteiger partial charge is 0.454 e. The highest BCUT2D eigenvalue weighted by Crippen LogP contribution is 2.36. The maximum Gasteiger partial charge on any atom is 0.252 e. The molecule has 1 saturated heterocycles. The Kier molecular flexibility index (Phi) is 5.07. The Morgan fingerprint density at radius 3 is 2.77 bits per heavy atom. The van der Waals surface area contributed by atoms with E-state index in [0.717, 1.165) is 36.3 Å². The first-order chi connectivity index (χ1) is 12.8. The summed E-state index contributed by atoms with van der Waals surface area (Å²) in [6.07, 6.45) is 2.24. The number of benzene rings is 2. The minimum Gasteiger partial charge on any atom is -0.454 e. The number of nitrogens with zero attached hydrogens (tertiary/aromatic N) is 1. The number of rotatable bonds is 6. The summed E-state index contributed by atoms with van der Waals surface area (Å²) >= 11 is 0. The molecule has 0 aromatic heterocycles. The standard InChI is InChI=1S/C21H23NO4/c23-21(19-10-5-13-24-19)22(12-11-16-6-2-1-3-7-16)14-17-8-4-9-18-20(17)26-15-25-18/h1-4,6-9,19H,5,10-15H2/t19-/m1/s1. The summed E-state index contributed by atoms with van der Waals surface area (Å²) in [6.45, 7) is 2.04. The quantitative estimate of drug-likeness (QED) is 0.800. The SMILES string of the molecule is O=C([C@H]1CCCO1)N(CCc1ccccc1)Cc1cccc2c1OCO2. The zero-order valence-electron chi connectivity index (χ0n) is 14.7. The highest BCUT2D eigenvalue weighted by molar-refractivity contribution is 5.81. The third-order valence-corrected chi connectivity index (χ3v) is 4.87. The second kappa shape index (κ2) is 7.79. The molecule has 2 aliphatic heterocycles. The first-order valence-corrected chi connectivity index (χ1v) is 9.13. The molecular formula is C21H23NO4. The van der Waals surface area contributed by atoms with Crippen LogP contribution in [0, 0.1) is 0 Å².